The monoisotopic (exact) mass is 485 g/mol. The molecule has 36 heavy (non-hydrogen) atoms. The molecular weight excluding hydrogens is 462 g/mol. The van der Waals surface area contributed by atoms with Crippen LogP contribution in [0.2, 0.25) is 0 Å². The Morgan fingerprint density at radius 1 is 1.06 bits per heavy atom. The minimum absolute atomic E-state index is 0.0287. The fourth-order valence-electron chi connectivity index (χ4n) is 6.42. The van der Waals surface area contributed by atoms with Gasteiger partial charge in [-0.2, -0.15) is 5.26 Å². The van der Waals surface area contributed by atoms with Crippen LogP contribution in [-0.4, -0.2) is 42.8 Å². The first-order valence-corrected chi connectivity index (χ1v) is 12.0. The molecule has 2 bridgehead atoms. The van der Waals surface area contributed by atoms with E-state index in [-0.39, 0.29) is 48.9 Å². The van der Waals surface area contributed by atoms with Crippen molar-refractivity contribution in [3.05, 3.63) is 59.7 Å². The van der Waals surface area contributed by atoms with Crippen molar-refractivity contribution >= 4 is 29.2 Å². The molecule has 3 fully saturated rings. The Hall–Kier alpha value is -4.19. The summed E-state index contributed by atoms with van der Waals surface area (Å²) in [6.07, 6.45) is 0.517. The van der Waals surface area contributed by atoms with Crippen molar-refractivity contribution in [1.29, 1.82) is 5.26 Å². The molecule has 0 unspecified atom stereocenters. The van der Waals surface area contributed by atoms with Gasteiger partial charge in [0.15, 0.2) is 6.61 Å². The number of carbonyl (C=O) groups excluding carboxylic acids is 3. The van der Waals surface area contributed by atoms with E-state index in [9.17, 15) is 14.4 Å². The molecule has 6 atom stereocenters. The zero-order valence-electron chi connectivity index (χ0n) is 19.5. The minimum atomic E-state index is -0.445. The lowest BCUT2D eigenvalue weighted by molar-refractivity contribution is -0.125. The van der Waals surface area contributed by atoms with Gasteiger partial charge in [0, 0.05) is 17.4 Å². The minimum Gasteiger partial charge on any atom is -0.479 e. The van der Waals surface area contributed by atoms with E-state index >= 15 is 0 Å². The molecule has 0 radical (unpaired) electrons. The zero-order chi connectivity index (χ0) is 25.0. The predicted octanol–water partition coefficient (Wildman–Crippen LogP) is 2.94. The molecule has 0 aromatic heterocycles. The molecule has 2 heterocycles. The molecule has 0 spiro atoms. The summed E-state index contributed by atoms with van der Waals surface area (Å²) >= 11 is 0. The van der Waals surface area contributed by atoms with Crippen LogP contribution in [0.15, 0.2) is 53.7 Å². The Balaban J connectivity index is 1.24. The predicted molar refractivity (Wildman–Crippen MR) is 126 cm³/mol. The smallest absolute Gasteiger partial charge is 0.338 e. The number of ether oxygens (including phenoxy) is 2. The van der Waals surface area contributed by atoms with Gasteiger partial charge in [-0.25, -0.2) is 4.79 Å². The third-order valence-corrected chi connectivity index (χ3v) is 7.78. The van der Waals surface area contributed by atoms with E-state index in [1.54, 1.807) is 43.3 Å². The molecule has 182 valence electrons. The van der Waals surface area contributed by atoms with Gasteiger partial charge in [-0.05, 0) is 67.8 Å². The van der Waals surface area contributed by atoms with Crippen molar-refractivity contribution in [2.75, 3.05) is 18.1 Å². The molecule has 6 rings (SSSR count). The summed E-state index contributed by atoms with van der Waals surface area (Å²) in [5.41, 5.74) is 2.49. The van der Waals surface area contributed by atoms with Gasteiger partial charge in [0.05, 0.1) is 35.4 Å². The lowest BCUT2D eigenvalue weighted by Gasteiger charge is -2.29. The van der Waals surface area contributed by atoms with Crippen LogP contribution in [0.3, 0.4) is 0 Å². The van der Waals surface area contributed by atoms with Gasteiger partial charge in [-0.1, -0.05) is 5.16 Å². The van der Waals surface area contributed by atoms with Crippen LogP contribution in [-0.2, 0) is 19.2 Å². The van der Waals surface area contributed by atoms with E-state index in [0.717, 1.165) is 17.7 Å². The molecular formula is C27H23N3O6. The number of esters is 1. The second kappa shape index (κ2) is 8.48. The van der Waals surface area contributed by atoms with E-state index in [0.29, 0.717) is 17.0 Å². The zero-order valence-corrected chi connectivity index (χ0v) is 19.5. The maximum atomic E-state index is 13.6. The van der Waals surface area contributed by atoms with Gasteiger partial charge in [-0.15, -0.1) is 0 Å². The number of anilines is 1. The average molecular weight is 485 g/mol. The van der Waals surface area contributed by atoms with Crippen molar-refractivity contribution in [1.82, 2.24) is 0 Å². The van der Waals surface area contributed by atoms with Crippen LogP contribution < -0.4 is 9.64 Å². The van der Waals surface area contributed by atoms with E-state index < -0.39 is 17.8 Å². The molecule has 1 saturated heterocycles. The summed E-state index contributed by atoms with van der Waals surface area (Å²) in [4.78, 5) is 46.1. The number of imide groups is 1. The van der Waals surface area contributed by atoms with Crippen LogP contribution in [0.1, 0.15) is 29.3 Å². The number of nitrogens with zero attached hydrogens (tertiary/aromatic N) is 3. The van der Waals surface area contributed by atoms with Gasteiger partial charge >= 0.3 is 5.97 Å². The number of nitriles is 1. The van der Waals surface area contributed by atoms with E-state index in [2.05, 4.69) is 5.16 Å². The molecule has 2 amide bonds. The van der Waals surface area contributed by atoms with E-state index in [4.69, 9.17) is 19.6 Å². The summed E-state index contributed by atoms with van der Waals surface area (Å²) in [5, 5.41) is 13.1. The number of hydrogen-bond acceptors (Lipinski definition) is 8. The topological polar surface area (TPSA) is 118 Å². The molecule has 2 aromatic carbocycles. The summed E-state index contributed by atoms with van der Waals surface area (Å²) < 4.78 is 10.3. The standard InChI is InChI=1S/C27H23N3O6/c1-2-34-27(33)15-3-7-16(8-4-15)30-25(31)20-18-13-19(21(20)26(30)32)24-22(18)23(29-36-24)14-5-9-17(10-6-14)35-12-11-28/h3-10,18-22,24H,2,12-13H2,1H3/t18-,19+,20+,21+,22+,24-/m1/s1. The molecule has 9 heteroatoms. The number of oxime groups is 1. The van der Waals surface area contributed by atoms with Crippen molar-refractivity contribution in [3.8, 4) is 11.8 Å². The van der Waals surface area contributed by atoms with E-state index in [1.165, 1.54) is 4.90 Å². The number of rotatable bonds is 6. The fraction of sp³-hybridized carbons (Fsp3) is 0.370. The Morgan fingerprint density at radius 3 is 2.42 bits per heavy atom. The number of carbonyl (C=O) groups is 3. The Morgan fingerprint density at radius 2 is 1.75 bits per heavy atom. The van der Waals surface area contributed by atoms with Crippen molar-refractivity contribution in [2.45, 2.75) is 19.4 Å². The quantitative estimate of drug-likeness (QED) is 0.456. The highest BCUT2D eigenvalue weighted by Gasteiger charge is 2.70. The number of benzene rings is 2. The Kier molecular flexibility index (Phi) is 5.25. The van der Waals surface area contributed by atoms with Gasteiger partial charge in [0.2, 0.25) is 11.8 Å². The molecule has 2 aliphatic carbocycles. The van der Waals surface area contributed by atoms with Crippen LogP contribution in [0.5, 0.6) is 5.75 Å². The lowest BCUT2D eigenvalue weighted by atomic mass is 9.71. The SMILES string of the molecule is CCOC(=O)c1ccc(N2C(=O)[C@H]3[C@@H]4C[C@@H]([C@H]5C(c6ccc(OCC#N)cc6)=NO[C@H]45)[C@@H]3C2=O)cc1. The van der Waals surface area contributed by atoms with Crippen LogP contribution in [0.25, 0.3) is 0 Å². The first-order chi connectivity index (χ1) is 17.5. The molecule has 4 aliphatic rings. The van der Waals surface area contributed by atoms with Gasteiger partial charge < -0.3 is 14.3 Å². The van der Waals surface area contributed by atoms with Crippen molar-refractivity contribution < 1.29 is 28.7 Å². The first-order valence-electron chi connectivity index (χ1n) is 12.0. The highest BCUT2D eigenvalue weighted by atomic mass is 16.6. The molecule has 2 saturated carbocycles. The third kappa shape index (κ3) is 3.21. The maximum Gasteiger partial charge on any atom is 0.338 e. The van der Waals surface area contributed by atoms with Gasteiger partial charge in [0.1, 0.15) is 17.9 Å². The normalized spacial score (nSPS) is 29.3. The highest BCUT2D eigenvalue weighted by molar-refractivity contribution is 6.23. The number of hydrogen-bond donors (Lipinski definition) is 0. The molecule has 2 aromatic rings. The van der Waals surface area contributed by atoms with Crippen molar-refractivity contribution in [3.63, 3.8) is 0 Å². The van der Waals surface area contributed by atoms with E-state index in [1.807, 2.05) is 18.2 Å². The largest absolute Gasteiger partial charge is 0.479 e. The second-order valence-corrected chi connectivity index (χ2v) is 9.44. The Bertz CT molecular complexity index is 1310. The lowest BCUT2D eigenvalue weighted by Crippen LogP contribution is -2.41. The summed E-state index contributed by atoms with van der Waals surface area (Å²) in [6, 6.07) is 15.6. The van der Waals surface area contributed by atoms with Crippen LogP contribution in [0, 0.1) is 40.9 Å². The second-order valence-electron chi connectivity index (χ2n) is 9.44. The fourth-order valence-corrected chi connectivity index (χ4v) is 6.42. The average Bonchev–Trinajstić information content (AvgIpc) is 3.64. The van der Waals surface area contributed by atoms with Crippen LogP contribution in [0.4, 0.5) is 5.69 Å². The summed E-state index contributed by atoms with van der Waals surface area (Å²) in [5.74, 6) is -1.30. The third-order valence-electron chi connectivity index (χ3n) is 7.78. The van der Waals surface area contributed by atoms with Gasteiger partial charge in [0.25, 0.3) is 0 Å². The first kappa shape index (κ1) is 22.3. The molecule has 9 nitrogen and oxygen atoms in total. The number of fused-ring (bicyclic) bond motifs is 8. The summed E-state index contributed by atoms with van der Waals surface area (Å²) in [7, 11) is 0. The van der Waals surface area contributed by atoms with Crippen LogP contribution >= 0.6 is 0 Å². The molecule has 0 N–H and O–H groups in total. The molecule has 2 aliphatic heterocycles. The van der Waals surface area contributed by atoms with Crippen molar-refractivity contribution in [2.24, 2.45) is 34.7 Å². The summed E-state index contributed by atoms with van der Waals surface area (Å²) in [6.45, 7) is 1.97. The maximum absolute atomic E-state index is 13.6. The highest BCUT2D eigenvalue weighted by Crippen LogP contribution is 2.62. The van der Waals surface area contributed by atoms with Gasteiger partial charge in [-0.3, -0.25) is 14.5 Å². The Labute approximate surface area is 207 Å². The number of amides is 2.